The summed E-state index contributed by atoms with van der Waals surface area (Å²) in [6, 6.07) is 9.27. The van der Waals surface area contributed by atoms with E-state index >= 15 is 0 Å². The maximum atomic E-state index is 13.4. The minimum absolute atomic E-state index is 0.0264. The van der Waals surface area contributed by atoms with E-state index < -0.39 is 16.1 Å². The van der Waals surface area contributed by atoms with Crippen LogP contribution in [0.25, 0.3) is 0 Å². The van der Waals surface area contributed by atoms with Crippen LogP contribution in [0.5, 0.6) is 0 Å². The Morgan fingerprint density at radius 1 is 1.03 bits per heavy atom. The van der Waals surface area contributed by atoms with E-state index in [1.165, 1.54) is 9.21 Å². The molecule has 0 heterocycles. The van der Waals surface area contributed by atoms with E-state index in [9.17, 15) is 18.0 Å². The van der Waals surface area contributed by atoms with Gasteiger partial charge in [-0.25, -0.2) is 8.42 Å². The van der Waals surface area contributed by atoms with E-state index in [-0.39, 0.29) is 43.7 Å². The van der Waals surface area contributed by atoms with Crippen molar-refractivity contribution < 1.29 is 18.0 Å². The van der Waals surface area contributed by atoms with E-state index in [1.807, 2.05) is 13.8 Å². The number of hydrogen-bond acceptors (Lipinski definition) is 4. The average Bonchev–Trinajstić information content (AvgIpc) is 2.80. The summed E-state index contributed by atoms with van der Waals surface area (Å²) in [5, 5.41) is 4.17. The third-order valence-corrected chi connectivity index (χ3v) is 8.04. The average molecular weight is 591 g/mol. The van der Waals surface area contributed by atoms with Crippen LogP contribution in [-0.2, 0) is 26.2 Å². The minimum Gasteiger partial charge on any atom is -0.354 e. The molecule has 0 aliphatic carbocycles. The highest BCUT2D eigenvalue weighted by molar-refractivity contribution is 7.92. The lowest BCUT2D eigenvalue weighted by Gasteiger charge is -2.30. The predicted octanol–water partition coefficient (Wildman–Crippen LogP) is 5.69. The zero-order chi connectivity index (χ0) is 27.9. The Labute approximate surface area is 235 Å². The molecule has 0 radical (unpaired) electrons. The minimum atomic E-state index is -3.62. The van der Waals surface area contributed by atoms with Crippen LogP contribution in [-0.4, -0.2) is 50.5 Å². The van der Waals surface area contributed by atoms with Crippen molar-refractivity contribution in [2.24, 2.45) is 5.92 Å². The maximum Gasteiger partial charge on any atom is 0.242 e. The summed E-state index contributed by atoms with van der Waals surface area (Å²) < 4.78 is 26.3. The van der Waals surface area contributed by atoms with Gasteiger partial charge in [-0.2, -0.15) is 0 Å². The topological polar surface area (TPSA) is 86.8 Å². The number of carbonyl (C=O) groups excluding carboxylic acids is 2. The molecule has 1 atom stereocenters. The van der Waals surface area contributed by atoms with Crippen LogP contribution in [0.3, 0.4) is 0 Å². The number of nitrogens with one attached hydrogen (secondary N) is 1. The second kappa shape index (κ2) is 13.7. The van der Waals surface area contributed by atoms with Gasteiger partial charge in [-0.15, -0.1) is 0 Å². The molecule has 2 rings (SSSR count). The first-order chi connectivity index (χ1) is 17.2. The zero-order valence-corrected chi connectivity index (χ0v) is 24.8. The number of nitrogens with zero attached hydrogens (tertiary/aromatic N) is 2. The number of hydrogen-bond donors (Lipinski definition) is 1. The van der Waals surface area contributed by atoms with Gasteiger partial charge in [-0.1, -0.05) is 60.8 Å². The lowest BCUT2D eigenvalue weighted by molar-refractivity contribution is -0.140. The Morgan fingerprint density at radius 2 is 1.70 bits per heavy atom. The van der Waals surface area contributed by atoms with Crippen LogP contribution < -0.4 is 9.62 Å². The first kappa shape index (κ1) is 31.2. The highest BCUT2D eigenvalue weighted by Crippen LogP contribution is 2.29. The number of carbonyl (C=O) groups is 2. The number of benzene rings is 2. The van der Waals surface area contributed by atoms with Gasteiger partial charge in [0, 0.05) is 41.1 Å². The Balaban J connectivity index is 2.23. The van der Waals surface area contributed by atoms with Crippen molar-refractivity contribution in [3.63, 3.8) is 0 Å². The van der Waals surface area contributed by atoms with Gasteiger partial charge < -0.3 is 10.2 Å². The Bertz CT molecular complexity index is 1220. The molecule has 11 heteroatoms. The summed E-state index contributed by atoms with van der Waals surface area (Å²) in [5.74, 6) is -0.322. The fourth-order valence-electron chi connectivity index (χ4n) is 3.72. The molecule has 0 aromatic heterocycles. The normalized spacial score (nSPS) is 12.4. The number of sulfonamides is 1. The zero-order valence-electron chi connectivity index (χ0n) is 21.7. The summed E-state index contributed by atoms with van der Waals surface area (Å²) in [7, 11) is -3.62. The van der Waals surface area contributed by atoms with Gasteiger partial charge in [0.25, 0.3) is 0 Å². The Morgan fingerprint density at radius 3 is 2.30 bits per heavy atom. The molecule has 7 nitrogen and oxygen atoms in total. The first-order valence-corrected chi connectivity index (χ1v) is 14.9. The molecule has 2 amide bonds. The summed E-state index contributed by atoms with van der Waals surface area (Å²) in [4.78, 5) is 27.7. The third-order valence-electron chi connectivity index (χ3n) is 5.87. The number of amides is 2. The largest absolute Gasteiger partial charge is 0.354 e. The quantitative estimate of drug-likeness (QED) is 0.344. The Hall–Kier alpha value is -2.00. The molecule has 0 fully saturated rings. The maximum absolute atomic E-state index is 13.4. The molecule has 0 aliphatic rings. The van der Waals surface area contributed by atoms with E-state index in [0.29, 0.717) is 38.4 Å². The molecular formula is C26H34Cl3N3O4S. The number of halogens is 3. The van der Waals surface area contributed by atoms with Gasteiger partial charge in [-0.05, 0) is 61.6 Å². The molecule has 2 aromatic rings. The standard InChI is InChI=1S/C26H34Cl3N3O4S/c1-17(2)15-30-26(34)19(4)31(16-20-11-12-21(27)14-23(20)29)25(33)10-7-13-32(37(5,35)36)24-9-6-8-22(28)18(24)3/h6,8-9,11-12,14,17,19H,7,10,13,15-16H2,1-5H3,(H,30,34)/t19-/m1/s1. The summed E-state index contributed by atoms with van der Waals surface area (Å²) in [6.45, 7) is 8.04. The van der Waals surface area contributed by atoms with E-state index in [2.05, 4.69) is 5.32 Å². The predicted molar refractivity (Wildman–Crippen MR) is 152 cm³/mol. The molecule has 0 saturated carbocycles. The Kier molecular flexibility index (Phi) is 11.6. The third kappa shape index (κ3) is 9.06. The molecule has 1 N–H and O–H groups in total. The van der Waals surface area contributed by atoms with E-state index in [4.69, 9.17) is 34.8 Å². The second-order valence-electron chi connectivity index (χ2n) is 9.39. The van der Waals surface area contributed by atoms with Crippen molar-refractivity contribution >= 4 is 62.3 Å². The molecule has 0 saturated heterocycles. The van der Waals surface area contributed by atoms with Crippen LogP contribution >= 0.6 is 34.8 Å². The fraction of sp³-hybridized carbons (Fsp3) is 0.462. The van der Waals surface area contributed by atoms with Crippen LogP contribution in [0.2, 0.25) is 15.1 Å². The summed E-state index contributed by atoms with van der Waals surface area (Å²) >= 11 is 18.6. The van der Waals surface area contributed by atoms with Gasteiger partial charge in [0.1, 0.15) is 6.04 Å². The van der Waals surface area contributed by atoms with E-state index in [0.717, 1.165) is 6.26 Å². The molecule has 204 valence electrons. The van der Waals surface area contributed by atoms with Crippen molar-refractivity contribution in [3.05, 3.63) is 62.6 Å². The highest BCUT2D eigenvalue weighted by atomic mass is 35.5. The molecule has 37 heavy (non-hydrogen) atoms. The lowest BCUT2D eigenvalue weighted by atomic mass is 10.1. The monoisotopic (exact) mass is 589 g/mol. The number of anilines is 1. The van der Waals surface area contributed by atoms with Gasteiger partial charge in [0.15, 0.2) is 0 Å². The smallest absolute Gasteiger partial charge is 0.242 e. The van der Waals surface area contributed by atoms with Crippen molar-refractivity contribution in [2.45, 2.75) is 53.1 Å². The molecule has 0 bridgehead atoms. The summed E-state index contributed by atoms with van der Waals surface area (Å²) in [6.07, 6.45) is 1.38. The van der Waals surface area contributed by atoms with Crippen molar-refractivity contribution in [1.82, 2.24) is 10.2 Å². The second-order valence-corrected chi connectivity index (χ2v) is 12.6. The van der Waals surface area contributed by atoms with Gasteiger partial charge in [0.2, 0.25) is 21.8 Å². The molecule has 0 spiro atoms. The van der Waals surface area contributed by atoms with Crippen LogP contribution in [0.15, 0.2) is 36.4 Å². The molecular weight excluding hydrogens is 557 g/mol. The SMILES string of the molecule is Cc1c(Cl)cccc1N(CCCC(=O)N(Cc1ccc(Cl)cc1Cl)[C@H](C)C(=O)NCC(C)C)S(C)(=O)=O. The van der Waals surface area contributed by atoms with Gasteiger partial charge in [-0.3, -0.25) is 13.9 Å². The lowest BCUT2D eigenvalue weighted by Crippen LogP contribution is -2.48. The molecule has 0 unspecified atom stereocenters. The van der Waals surface area contributed by atoms with Crippen molar-refractivity contribution in [3.8, 4) is 0 Å². The van der Waals surface area contributed by atoms with E-state index in [1.54, 1.807) is 50.2 Å². The fourth-order valence-corrected chi connectivity index (χ4v) is 5.37. The summed E-state index contributed by atoms with van der Waals surface area (Å²) in [5.41, 5.74) is 1.75. The van der Waals surface area contributed by atoms with Crippen molar-refractivity contribution in [2.75, 3.05) is 23.7 Å². The van der Waals surface area contributed by atoms with Crippen LogP contribution in [0, 0.1) is 12.8 Å². The number of rotatable bonds is 12. The van der Waals surface area contributed by atoms with Gasteiger partial charge >= 0.3 is 0 Å². The van der Waals surface area contributed by atoms with Crippen LogP contribution in [0.4, 0.5) is 5.69 Å². The molecule has 2 aromatic carbocycles. The van der Waals surface area contributed by atoms with Gasteiger partial charge in [0.05, 0.1) is 11.9 Å². The highest BCUT2D eigenvalue weighted by Gasteiger charge is 2.27. The van der Waals surface area contributed by atoms with Crippen molar-refractivity contribution in [1.29, 1.82) is 0 Å². The van der Waals surface area contributed by atoms with Crippen LogP contribution in [0.1, 0.15) is 44.7 Å². The first-order valence-electron chi connectivity index (χ1n) is 12.0. The molecule has 0 aliphatic heterocycles.